The van der Waals surface area contributed by atoms with Gasteiger partial charge in [0.2, 0.25) is 0 Å². The van der Waals surface area contributed by atoms with Crippen LogP contribution in [0.1, 0.15) is 38.6 Å². The molecule has 6 heteroatoms. The number of nitrogens with zero attached hydrogens (tertiary/aromatic N) is 2. The third-order valence-corrected chi connectivity index (χ3v) is 4.44. The minimum atomic E-state index is -0.235. The Kier molecular flexibility index (Phi) is 4.75. The summed E-state index contributed by atoms with van der Waals surface area (Å²) in [4.78, 5) is 27.6. The molecule has 3 aromatic rings. The number of amides is 1. The van der Waals surface area contributed by atoms with E-state index in [-0.39, 0.29) is 18.0 Å². The maximum Gasteiger partial charge on any atom is 0.255 e. The highest BCUT2D eigenvalue weighted by Crippen LogP contribution is 2.18. The molecule has 6 nitrogen and oxygen atoms in total. The van der Waals surface area contributed by atoms with Crippen molar-refractivity contribution >= 4 is 5.91 Å². The van der Waals surface area contributed by atoms with Crippen molar-refractivity contribution in [2.45, 2.75) is 34.2 Å². The van der Waals surface area contributed by atoms with E-state index in [1.54, 1.807) is 4.68 Å². The first kappa shape index (κ1) is 17.7. The lowest BCUT2D eigenvalue weighted by atomic mass is 10.1. The van der Waals surface area contributed by atoms with Crippen molar-refractivity contribution in [3.63, 3.8) is 0 Å². The molecule has 0 aliphatic heterocycles. The Morgan fingerprint density at radius 2 is 1.85 bits per heavy atom. The molecule has 0 bridgehead atoms. The predicted molar refractivity (Wildman–Crippen MR) is 101 cm³/mol. The van der Waals surface area contributed by atoms with Gasteiger partial charge in [-0.15, -0.1) is 0 Å². The SMILES string of the molecule is Cc1cc(C)c(CNC(=O)c2c(C)nn(-c3ccccc3)c2C)c(=O)[nH]1. The van der Waals surface area contributed by atoms with Crippen LogP contribution in [0.3, 0.4) is 0 Å². The minimum absolute atomic E-state index is 0.170. The van der Waals surface area contributed by atoms with Crippen molar-refractivity contribution in [3.05, 3.63) is 80.5 Å². The second-order valence-corrected chi connectivity index (χ2v) is 6.42. The van der Waals surface area contributed by atoms with Crippen LogP contribution < -0.4 is 10.9 Å². The second-order valence-electron chi connectivity index (χ2n) is 6.42. The van der Waals surface area contributed by atoms with Crippen molar-refractivity contribution in [1.82, 2.24) is 20.1 Å². The number of carbonyl (C=O) groups excluding carboxylic acids is 1. The normalized spacial score (nSPS) is 10.8. The number of pyridine rings is 1. The van der Waals surface area contributed by atoms with E-state index in [0.29, 0.717) is 16.8 Å². The molecule has 0 spiro atoms. The molecule has 3 rings (SSSR count). The summed E-state index contributed by atoms with van der Waals surface area (Å²) in [6.07, 6.45) is 0. The second kappa shape index (κ2) is 7.00. The third-order valence-electron chi connectivity index (χ3n) is 4.44. The lowest BCUT2D eigenvalue weighted by molar-refractivity contribution is 0.0949. The third kappa shape index (κ3) is 3.31. The lowest BCUT2D eigenvalue weighted by Crippen LogP contribution is -2.28. The van der Waals surface area contributed by atoms with Gasteiger partial charge >= 0.3 is 0 Å². The summed E-state index contributed by atoms with van der Waals surface area (Å²) in [5, 5.41) is 7.34. The van der Waals surface area contributed by atoms with Gasteiger partial charge in [0.25, 0.3) is 11.5 Å². The average Bonchev–Trinajstić information content (AvgIpc) is 2.89. The molecular formula is C20H22N4O2. The van der Waals surface area contributed by atoms with Gasteiger partial charge in [-0.25, -0.2) is 4.68 Å². The quantitative estimate of drug-likeness (QED) is 0.759. The number of H-pyrrole nitrogens is 1. The molecule has 1 amide bonds. The number of hydrogen-bond acceptors (Lipinski definition) is 3. The number of carbonyl (C=O) groups is 1. The topological polar surface area (TPSA) is 79.8 Å². The monoisotopic (exact) mass is 350 g/mol. The number of aromatic amines is 1. The number of aromatic nitrogens is 3. The van der Waals surface area contributed by atoms with Crippen LogP contribution in [-0.2, 0) is 6.54 Å². The van der Waals surface area contributed by atoms with E-state index >= 15 is 0 Å². The van der Waals surface area contributed by atoms with E-state index in [1.807, 2.05) is 64.1 Å². The molecule has 2 aromatic heterocycles. The van der Waals surface area contributed by atoms with Crippen molar-refractivity contribution in [1.29, 1.82) is 0 Å². The van der Waals surface area contributed by atoms with Crippen molar-refractivity contribution in [3.8, 4) is 5.69 Å². The Morgan fingerprint density at radius 1 is 1.15 bits per heavy atom. The molecule has 0 unspecified atom stereocenters. The highest BCUT2D eigenvalue weighted by molar-refractivity contribution is 5.96. The maximum absolute atomic E-state index is 12.7. The summed E-state index contributed by atoms with van der Waals surface area (Å²) in [5.74, 6) is -0.235. The minimum Gasteiger partial charge on any atom is -0.348 e. The molecule has 0 aliphatic rings. The van der Waals surface area contributed by atoms with Crippen LogP contribution in [0.4, 0.5) is 0 Å². The molecule has 2 N–H and O–H groups in total. The van der Waals surface area contributed by atoms with Crippen molar-refractivity contribution in [2.24, 2.45) is 0 Å². The van der Waals surface area contributed by atoms with Gasteiger partial charge in [0.1, 0.15) is 0 Å². The smallest absolute Gasteiger partial charge is 0.255 e. The van der Waals surface area contributed by atoms with Crippen LogP contribution in [-0.4, -0.2) is 20.7 Å². The van der Waals surface area contributed by atoms with Gasteiger partial charge < -0.3 is 10.3 Å². The zero-order chi connectivity index (χ0) is 18.8. The van der Waals surface area contributed by atoms with Crippen LogP contribution >= 0.6 is 0 Å². The first-order valence-electron chi connectivity index (χ1n) is 8.47. The molecule has 26 heavy (non-hydrogen) atoms. The first-order chi connectivity index (χ1) is 12.4. The van der Waals surface area contributed by atoms with E-state index in [2.05, 4.69) is 15.4 Å². The summed E-state index contributed by atoms with van der Waals surface area (Å²) in [6.45, 7) is 7.56. The molecule has 0 radical (unpaired) electrons. The molecule has 1 aromatic carbocycles. The van der Waals surface area contributed by atoms with Crippen LogP contribution in [0.25, 0.3) is 5.69 Å². The number of nitrogens with one attached hydrogen (secondary N) is 2. The molecule has 0 saturated heterocycles. The van der Waals surface area contributed by atoms with Gasteiger partial charge in [0.15, 0.2) is 0 Å². The summed E-state index contributed by atoms with van der Waals surface area (Å²) in [5.41, 5.74) is 4.91. The number of aryl methyl sites for hydroxylation is 3. The Balaban J connectivity index is 1.86. The van der Waals surface area contributed by atoms with Gasteiger partial charge in [-0.1, -0.05) is 18.2 Å². The molecule has 0 atom stereocenters. The van der Waals surface area contributed by atoms with E-state index in [4.69, 9.17) is 0 Å². The fourth-order valence-corrected chi connectivity index (χ4v) is 3.15. The maximum atomic E-state index is 12.7. The fourth-order valence-electron chi connectivity index (χ4n) is 3.15. The summed E-state index contributed by atoms with van der Waals surface area (Å²) < 4.78 is 1.76. The highest BCUT2D eigenvalue weighted by atomic mass is 16.2. The zero-order valence-corrected chi connectivity index (χ0v) is 15.4. The van der Waals surface area contributed by atoms with E-state index < -0.39 is 0 Å². The number of benzene rings is 1. The van der Waals surface area contributed by atoms with Crippen LogP contribution in [0.15, 0.2) is 41.2 Å². The largest absolute Gasteiger partial charge is 0.348 e. The summed E-state index contributed by atoms with van der Waals surface area (Å²) in [6, 6.07) is 11.6. The molecule has 0 aliphatic carbocycles. The van der Waals surface area contributed by atoms with Crippen LogP contribution in [0.5, 0.6) is 0 Å². The lowest BCUT2D eigenvalue weighted by Gasteiger charge is -2.09. The Bertz CT molecular complexity index is 1020. The predicted octanol–water partition coefficient (Wildman–Crippen LogP) is 2.72. The van der Waals surface area contributed by atoms with E-state index in [1.165, 1.54) is 0 Å². The molecule has 2 heterocycles. The van der Waals surface area contributed by atoms with Gasteiger partial charge in [0, 0.05) is 17.8 Å². The zero-order valence-electron chi connectivity index (χ0n) is 15.4. The molecule has 0 saturated carbocycles. The van der Waals surface area contributed by atoms with E-state index in [9.17, 15) is 9.59 Å². The standard InChI is InChI=1S/C20H22N4O2/c1-12-10-13(2)22-19(25)17(12)11-21-20(26)18-14(3)23-24(15(18)4)16-8-6-5-7-9-16/h5-10H,11H2,1-4H3,(H,21,26)(H,22,25). The van der Waals surface area contributed by atoms with Gasteiger partial charge in [0.05, 0.1) is 22.6 Å². The Hall–Kier alpha value is -3.15. The van der Waals surface area contributed by atoms with Crippen molar-refractivity contribution in [2.75, 3.05) is 0 Å². The number of para-hydroxylation sites is 1. The Morgan fingerprint density at radius 3 is 2.50 bits per heavy atom. The molecular weight excluding hydrogens is 328 g/mol. The van der Waals surface area contributed by atoms with Crippen molar-refractivity contribution < 1.29 is 4.79 Å². The average molecular weight is 350 g/mol. The summed E-state index contributed by atoms with van der Waals surface area (Å²) in [7, 11) is 0. The summed E-state index contributed by atoms with van der Waals surface area (Å²) >= 11 is 0. The molecule has 0 fully saturated rings. The van der Waals surface area contributed by atoms with Gasteiger partial charge in [-0.2, -0.15) is 5.10 Å². The van der Waals surface area contributed by atoms with E-state index in [0.717, 1.165) is 22.6 Å². The van der Waals surface area contributed by atoms with Gasteiger partial charge in [-0.3, -0.25) is 9.59 Å². The fraction of sp³-hybridized carbons (Fsp3) is 0.250. The van der Waals surface area contributed by atoms with Crippen LogP contribution in [0, 0.1) is 27.7 Å². The Labute approximate surface area is 151 Å². The number of rotatable bonds is 4. The molecule has 134 valence electrons. The van der Waals surface area contributed by atoms with Crippen LogP contribution in [0.2, 0.25) is 0 Å². The van der Waals surface area contributed by atoms with Gasteiger partial charge in [-0.05, 0) is 51.5 Å². The number of hydrogen-bond donors (Lipinski definition) is 2. The first-order valence-corrected chi connectivity index (χ1v) is 8.47. The highest BCUT2D eigenvalue weighted by Gasteiger charge is 2.19.